The van der Waals surface area contributed by atoms with Crippen LogP contribution in [0.2, 0.25) is 0 Å². The van der Waals surface area contributed by atoms with E-state index < -0.39 is 11.9 Å². The van der Waals surface area contributed by atoms with Gasteiger partial charge in [0, 0.05) is 37.2 Å². The molecule has 0 unspecified atom stereocenters. The standard InChI is InChI=1S/C15H16F3N3S/c16-15(17,18)13-11-22-14(19-13)10-20-6-8-21(9-7-20)12-4-2-1-3-5-12/h1-5,11H,6-10H2. The highest BCUT2D eigenvalue weighted by Gasteiger charge is 2.33. The molecule has 2 heterocycles. The van der Waals surface area contributed by atoms with Crippen molar-refractivity contribution in [3.63, 3.8) is 0 Å². The molecule has 1 aliphatic rings. The summed E-state index contributed by atoms with van der Waals surface area (Å²) >= 11 is 1.08. The van der Waals surface area contributed by atoms with Gasteiger partial charge in [-0.25, -0.2) is 4.98 Å². The molecule has 1 aliphatic heterocycles. The minimum atomic E-state index is -4.35. The molecule has 118 valence electrons. The molecule has 0 saturated carbocycles. The second-order valence-electron chi connectivity index (χ2n) is 5.22. The van der Waals surface area contributed by atoms with Crippen molar-refractivity contribution in [3.8, 4) is 0 Å². The Morgan fingerprint density at radius 3 is 2.32 bits per heavy atom. The number of nitrogens with zero attached hydrogens (tertiary/aromatic N) is 3. The molecule has 0 aliphatic carbocycles. The summed E-state index contributed by atoms with van der Waals surface area (Å²) in [4.78, 5) is 8.13. The Morgan fingerprint density at radius 2 is 1.73 bits per heavy atom. The lowest BCUT2D eigenvalue weighted by molar-refractivity contribution is -0.140. The first kappa shape index (κ1) is 15.3. The third-order valence-corrected chi connectivity index (χ3v) is 4.53. The molecule has 0 bridgehead atoms. The predicted octanol–water partition coefficient (Wildman–Crippen LogP) is 3.48. The molecule has 0 radical (unpaired) electrons. The summed E-state index contributed by atoms with van der Waals surface area (Å²) in [6, 6.07) is 10.2. The van der Waals surface area contributed by atoms with Gasteiger partial charge in [-0.2, -0.15) is 13.2 Å². The Kier molecular flexibility index (Phi) is 4.35. The highest BCUT2D eigenvalue weighted by atomic mass is 32.1. The lowest BCUT2D eigenvalue weighted by atomic mass is 10.2. The molecule has 0 spiro atoms. The van der Waals surface area contributed by atoms with Crippen molar-refractivity contribution in [2.75, 3.05) is 31.1 Å². The average molecular weight is 327 g/mol. The zero-order valence-corrected chi connectivity index (χ0v) is 12.7. The summed E-state index contributed by atoms with van der Waals surface area (Å²) in [5, 5.41) is 1.62. The normalized spacial score (nSPS) is 17.0. The number of benzene rings is 1. The van der Waals surface area contributed by atoms with E-state index in [1.54, 1.807) is 0 Å². The number of anilines is 1. The Bertz CT molecular complexity index is 604. The Balaban J connectivity index is 1.55. The van der Waals surface area contributed by atoms with Crippen LogP contribution in [0.5, 0.6) is 0 Å². The fourth-order valence-electron chi connectivity index (χ4n) is 2.51. The zero-order valence-electron chi connectivity index (χ0n) is 11.9. The first-order chi connectivity index (χ1) is 10.5. The first-order valence-electron chi connectivity index (χ1n) is 7.06. The summed E-state index contributed by atoms with van der Waals surface area (Å²) in [5.41, 5.74) is 0.408. The number of halogens is 3. The molecule has 0 amide bonds. The largest absolute Gasteiger partial charge is 0.434 e. The quantitative estimate of drug-likeness (QED) is 0.860. The number of alkyl halides is 3. The predicted molar refractivity (Wildman–Crippen MR) is 81.0 cm³/mol. The second-order valence-corrected chi connectivity index (χ2v) is 6.17. The van der Waals surface area contributed by atoms with Crippen LogP contribution < -0.4 is 4.90 Å². The van der Waals surface area contributed by atoms with E-state index in [0.717, 1.165) is 42.9 Å². The van der Waals surface area contributed by atoms with Gasteiger partial charge >= 0.3 is 6.18 Å². The molecule has 1 saturated heterocycles. The molecule has 1 aromatic heterocycles. The van der Waals surface area contributed by atoms with Crippen LogP contribution in [0.25, 0.3) is 0 Å². The van der Waals surface area contributed by atoms with Gasteiger partial charge in [0.25, 0.3) is 0 Å². The molecule has 1 fully saturated rings. The van der Waals surface area contributed by atoms with Crippen LogP contribution in [0.3, 0.4) is 0 Å². The maximum Gasteiger partial charge on any atom is 0.434 e. The fraction of sp³-hybridized carbons (Fsp3) is 0.400. The van der Waals surface area contributed by atoms with Crippen LogP contribution in [0.1, 0.15) is 10.7 Å². The monoisotopic (exact) mass is 327 g/mol. The highest BCUT2D eigenvalue weighted by molar-refractivity contribution is 7.09. The van der Waals surface area contributed by atoms with Gasteiger partial charge in [0.2, 0.25) is 0 Å². The first-order valence-corrected chi connectivity index (χ1v) is 7.94. The van der Waals surface area contributed by atoms with Gasteiger partial charge in [-0.15, -0.1) is 11.3 Å². The third kappa shape index (κ3) is 3.59. The molecule has 0 atom stereocenters. The molecule has 0 N–H and O–H groups in total. The number of aromatic nitrogens is 1. The smallest absolute Gasteiger partial charge is 0.369 e. The van der Waals surface area contributed by atoms with Crippen LogP contribution in [-0.2, 0) is 12.7 Å². The third-order valence-electron chi connectivity index (χ3n) is 3.69. The highest BCUT2D eigenvalue weighted by Crippen LogP contribution is 2.30. The number of piperazine rings is 1. The summed E-state index contributed by atoms with van der Waals surface area (Å²) in [6.07, 6.45) is -4.35. The molecule has 1 aromatic carbocycles. The van der Waals surface area contributed by atoms with Gasteiger partial charge < -0.3 is 4.90 Å². The number of hydrogen-bond donors (Lipinski definition) is 0. The van der Waals surface area contributed by atoms with Crippen LogP contribution in [0.4, 0.5) is 18.9 Å². The van der Waals surface area contributed by atoms with Gasteiger partial charge in [0.15, 0.2) is 5.69 Å². The summed E-state index contributed by atoms with van der Waals surface area (Å²) in [7, 11) is 0. The second kappa shape index (κ2) is 6.26. The van der Waals surface area contributed by atoms with Crippen LogP contribution in [0, 0.1) is 0 Å². The SMILES string of the molecule is FC(F)(F)c1csc(CN2CCN(c3ccccc3)CC2)n1. The minimum absolute atomic E-state index is 0.489. The lowest BCUT2D eigenvalue weighted by Crippen LogP contribution is -2.45. The number of thiazole rings is 1. The van der Waals surface area contributed by atoms with E-state index in [2.05, 4.69) is 26.9 Å². The number of hydrogen-bond acceptors (Lipinski definition) is 4. The van der Waals surface area contributed by atoms with Gasteiger partial charge in [-0.1, -0.05) is 18.2 Å². The molecule has 7 heteroatoms. The van der Waals surface area contributed by atoms with Crippen molar-refractivity contribution >= 4 is 17.0 Å². The molecule has 22 heavy (non-hydrogen) atoms. The van der Waals surface area contributed by atoms with Gasteiger partial charge in [0.05, 0.1) is 6.54 Å². The van der Waals surface area contributed by atoms with E-state index in [4.69, 9.17) is 0 Å². The molecular weight excluding hydrogens is 311 g/mol. The van der Waals surface area contributed by atoms with E-state index in [1.165, 1.54) is 5.69 Å². The molecule has 2 aromatic rings. The fourth-order valence-corrected chi connectivity index (χ4v) is 3.35. The minimum Gasteiger partial charge on any atom is -0.369 e. The summed E-state index contributed by atoms with van der Waals surface area (Å²) in [5.74, 6) is 0. The maximum atomic E-state index is 12.5. The van der Waals surface area contributed by atoms with Crippen LogP contribution in [-0.4, -0.2) is 36.1 Å². The lowest BCUT2D eigenvalue weighted by Gasteiger charge is -2.35. The Morgan fingerprint density at radius 1 is 1.05 bits per heavy atom. The Hall–Kier alpha value is -1.60. The molecule has 3 rings (SSSR count). The van der Waals surface area contributed by atoms with Crippen molar-refractivity contribution in [2.45, 2.75) is 12.7 Å². The van der Waals surface area contributed by atoms with Gasteiger partial charge in [0.1, 0.15) is 5.01 Å². The maximum absolute atomic E-state index is 12.5. The van der Waals surface area contributed by atoms with E-state index >= 15 is 0 Å². The van der Waals surface area contributed by atoms with E-state index in [9.17, 15) is 13.2 Å². The van der Waals surface area contributed by atoms with Crippen molar-refractivity contribution in [2.24, 2.45) is 0 Å². The van der Waals surface area contributed by atoms with Crippen molar-refractivity contribution in [3.05, 3.63) is 46.4 Å². The topological polar surface area (TPSA) is 19.4 Å². The Labute approximate surface area is 131 Å². The van der Waals surface area contributed by atoms with Crippen LogP contribution >= 0.6 is 11.3 Å². The van der Waals surface area contributed by atoms with E-state index in [-0.39, 0.29) is 0 Å². The van der Waals surface area contributed by atoms with Crippen molar-refractivity contribution in [1.82, 2.24) is 9.88 Å². The van der Waals surface area contributed by atoms with Crippen molar-refractivity contribution in [1.29, 1.82) is 0 Å². The summed E-state index contributed by atoms with van der Waals surface area (Å²) < 4.78 is 37.6. The number of para-hydroxylation sites is 1. The summed E-state index contributed by atoms with van der Waals surface area (Å²) in [6.45, 7) is 3.90. The average Bonchev–Trinajstić information content (AvgIpc) is 2.98. The zero-order chi connectivity index (χ0) is 15.6. The van der Waals surface area contributed by atoms with Crippen molar-refractivity contribution < 1.29 is 13.2 Å². The number of rotatable bonds is 3. The van der Waals surface area contributed by atoms with Crippen LogP contribution in [0.15, 0.2) is 35.7 Å². The molecular formula is C15H16F3N3S. The van der Waals surface area contributed by atoms with Gasteiger partial charge in [-0.3, -0.25) is 4.90 Å². The van der Waals surface area contributed by atoms with E-state index in [0.29, 0.717) is 11.6 Å². The molecule has 3 nitrogen and oxygen atoms in total. The van der Waals surface area contributed by atoms with E-state index in [1.807, 2.05) is 18.2 Å². The van der Waals surface area contributed by atoms with Gasteiger partial charge in [-0.05, 0) is 12.1 Å².